The topological polar surface area (TPSA) is 40.5 Å². The Hall–Kier alpha value is -2.03. The van der Waals surface area contributed by atoms with Crippen molar-refractivity contribution in [3.8, 4) is 5.75 Å². The molecule has 23 heavy (non-hydrogen) atoms. The Labute approximate surface area is 136 Å². The molecule has 1 amide bonds. The van der Waals surface area contributed by atoms with Gasteiger partial charge in [-0.2, -0.15) is 0 Å². The summed E-state index contributed by atoms with van der Waals surface area (Å²) in [5, 5.41) is 12.3. The molecule has 120 valence electrons. The summed E-state index contributed by atoms with van der Waals surface area (Å²) in [5.74, 6) is 1.32. The summed E-state index contributed by atoms with van der Waals surface area (Å²) >= 11 is 0. The SMILES string of the molecule is CC1CCCC(C(=O)N2CCc3c2cc(O)c2ccccc32)C1. The van der Waals surface area contributed by atoms with Gasteiger partial charge in [0.2, 0.25) is 5.91 Å². The first-order valence-electron chi connectivity index (χ1n) is 8.70. The fraction of sp³-hybridized carbons (Fsp3) is 0.450. The molecule has 1 aliphatic carbocycles. The first kappa shape index (κ1) is 14.6. The van der Waals surface area contributed by atoms with E-state index < -0.39 is 0 Å². The number of carbonyl (C=O) groups excluding carboxylic acids is 1. The Bertz CT molecular complexity index is 768. The molecule has 2 aromatic carbocycles. The van der Waals surface area contributed by atoms with Gasteiger partial charge >= 0.3 is 0 Å². The fourth-order valence-corrected chi connectivity index (χ4v) is 4.36. The van der Waals surface area contributed by atoms with Crippen molar-refractivity contribution in [2.75, 3.05) is 11.4 Å². The number of aromatic hydroxyl groups is 1. The summed E-state index contributed by atoms with van der Waals surface area (Å²) in [5.41, 5.74) is 2.13. The summed E-state index contributed by atoms with van der Waals surface area (Å²) in [6, 6.07) is 9.71. The van der Waals surface area contributed by atoms with Gasteiger partial charge in [-0.3, -0.25) is 4.79 Å². The molecule has 2 atom stereocenters. The molecule has 0 aromatic heterocycles. The van der Waals surface area contributed by atoms with Crippen LogP contribution < -0.4 is 4.90 Å². The predicted molar refractivity (Wildman–Crippen MR) is 92.8 cm³/mol. The zero-order valence-electron chi connectivity index (χ0n) is 13.6. The molecule has 0 saturated heterocycles. The van der Waals surface area contributed by atoms with Crippen molar-refractivity contribution in [3.63, 3.8) is 0 Å². The minimum atomic E-state index is 0.151. The van der Waals surface area contributed by atoms with E-state index in [9.17, 15) is 9.90 Å². The van der Waals surface area contributed by atoms with Gasteiger partial charge in [-0.15, -0.1) is 0 Å². The molecule has 1 heterocycles. The van der Waals surface area contributed by atoms with Crippen LogP contribution in [0.1, 0.15) is 38.2 Å². The van der Waals surface area contributed by atoms with Crippen LogP contribution in [0, 0.1) is 11.8 Å². The van der Waals surface area contributed by atoms with Gasteiger partial charge in [-0.1, -0.05) is 44.0 Å². The van der Waals surface area contributed by atoms with Crippen molar-refractivity contribution in [1.29, 1.82) is 0 Å². The Morgan fingerprint density at radius 3 is 2.78 bits per heavy atom. The zero-order chi connectivity index (χ0) is 16.0. The van der Waals surface area contributed by atoms with Crippen molar-refractivity contribution in [3.05, 3.63) is 35.9 Å². The highest BCUT2D eigenvalue weighted by atomic mass is 16.3. The molecule has 1 fully saturated rings. The molecule has 0 spiro atoms. The predicted octanol–water partition coefficient (Wildman–Crippen LogP) is 4.26. The van der Waals surface area contributed by atoms with Crippen LogP contribution in [0.4, 0.5) is 5.69 Å². The minimum Gasteiger partial charge on any atom is -0.507 e. The average Bonchev–Trinajstić information content (AvgIpc) is 2.98. The first-order valence-corrected chi connectivity index (χ1v) is 8.70. The van der Waals surface area contributed by atoms with Gasteiger partial charge < -0.3 is 10.0 Å². The summed E-state index contributed by atoms with van der Waals surface area (Å²) in [6.45, 7) is 2.99. The molecular formula is C20H23NO2. The van der Waals surface area contributed by atoms with E-state index in [1.54, 1.807) is 6.07 Å². The molecule has 4 rings (SSSR count). The highest BCUT2D eigenvalue weighted by Crippen LogP contribution is 2.41. The maximum Gasteiger partial charge on any atom is 0.230 e. The van der Waals surface area contributed by atoms with Gasteiger partial charge in [0.1, 0.15) is 5.75 Å². The number of rotatable bonds is 1. The van der Waals surface area contributed by atoms with Crippen molar-refractivity contribution in [2.24, 2.45) is 11.8 Å². The number of anilines is 1. The normalized spacial score (nSPS) is 24.0. The lowest BCUT2D eigenvalue weighted by Gasteiger charge is -2.29. The molecule has 3 nitrogen and oxygen atoms in total. The van der Waals surface area contributed by atoms with E-state index in [0.717, 1.165) is 48.7 Å². The zero-order valence-corrected chi connectivity index (χ0v) is 13.6. The average molecular weight is 309 g/mol. The number of benzene rings is 2. The molecule has 1 N–H and O–H groups in total. The third kappa shape index (κ3) is 2.39. The molecule has 2 aromatic rings. The standard InChI is InChI=1S/C20H23NO2/c1-13-5-4-6-14(11-13)20(23)21-10-9-16-15-7-2-3-8-17(15)19(22)12-18(16)21/h2-3,7-8,12-14,22H,4-6,9-11H2,1H3. The van der Waals surface area contributed by atoms with E-state index in [2.05, 4.69) is 6.92 Å². The maximum absolute atomic E-state index is 13.0. The summed E-state index contributed by atoms with van der Waals surface area (Å²) < 4.78 is 0. The van der Waals surface area contributed by atoms with Crippen molar-refractivity contribution >= 4 is 22.4 Å². The lowest BCUT2D eigenvalue weighted by atomic mass is 9.82. The van der Waals surface area contributed by atoms with Gasteiger partial charge in [0.15, 0.2) is 0 Å². The number of fused-ring (bicyclic) bond motifs is 3. The van der Waals surface area contributed by atoms with Crippen LogP contribution in [0.15, 0.2) is 30.3 Å². The fourth-order valence-electron chi connectivity index (χ4n) is 4.36. The quantitative estimate of drug-likeness (QED) is 0.855. The molecule has 0 radical (unpaired) electrons. The second-order valence-electron chi connectivity index (χ2n) is 7.15. The van der Waals surface area contributed by atoms with Crippen LogP contribution in [0.3, 0.4) is 0 Å². The molecule has 2 aliphatic rings. The van der Waals surface area contributed by atoms with E-state index in [0.29, 0.717) is 5.92 Å². The molecule has 2 unspecified atom stereocenters. The van der Waals surface area contributed by atoms with Gasteiger partial charge in [0, 0.05) is 23.9 Å². The Balaban J connectivity index is 1.71. The summed E-state index contributed by atoms with van der Waals surface area (Å²) in [6.07, 6.45) is 5.29. The van der Waals surface area contributed by atoms with Crippen LogP contribution in [0.25, 0.3) is 10.8 Å². The number of hydrogen-bond donors (Lipinski definition) is 1. The highest BCUT2D eigenvalue weighted by molar-refractivity contribution is 6.03. The second kappa shape index (κ2) is 5.55. The van der Waals surface area contributed by atoms with E-state index in [-0.39, 0.29) is 17.6 Å². The monoisotopic (exact) mass is 309 g/mol. The highest BCUT2D eigenvalue weighted by Gasteiger charge is 2.33. The minimum absolute atomic E-state index is 0.151. The number of phenols is 1. The number of nitrogens with zero attached hydrogens (tertiary/aromatic N) is 1. The molecule has 0 bridgehead atoms. The van der Waals surface area contributed by atoms with Gasteiger partial charge in [-0.25, -0.2) is 0 Å². The van der Waals surface area contributed by atoms with Crippen molar-refractivity contribution in [1.82, 2.24) is 0 Å². The smallest absolute Gasteiger partial charge is 0.230 e. The third-order valence-corrected chi connectivity index (χ3v) is 5.54. The molecular weight excluding hydrogens is 286 g/mol. The Morgan fingerprint density at radius 2 is 2.00 bits per heavy atom. The molecule has 3 heteroatoms. The van der Waals surface area contributed by atoms with E-state index >= 15 is 0 Å². The number of amides is 1. The van der Waals surface area contributed by atoms with Crippen molar-refractivity contribution in [2.45, 2.75) is 39.0 Å². The summed E-state index contributed by atoms with van der Waals surface area (Å²) in [7, 11) is 0. The molecule has 1 saturated carbocycles. The number of hydrogen-bond acceptors (Lipinski definition) is 2. The van der Waals surface area contributed by atoms with E-state index in [1.165, 1.54) is 12.0 Å². The van der Waals surface area contributed by atoms with Gasteiger partial charge in [0.05, 0.1) is 5.69 Å². The van der Waals surface area contributed by atoms with E-state index in [4.69, 9.17) is 0 Å². The Kier molecular flexibility index (Phi) is 3.51. The van der Waals surface area contributed by atoms with Crippen LogP contribution in [-0.2, 0) is 11.2 Å². The molecule has 1 aliphatic heterocycles. The lowest BCUT2D eigenvalue weighted by molar-refractivity contribution is -0.123. The first-order chi connectivity index (χ1) is 11.1. The maximum atomic E-state index is 13.0. The van der Waals surface area contributed by atoms with Crippen LogP contribution in [0.2, 0.25) is 0 Å². The van der Waals surface area contributed by atoms with Crippen LogP contribution >= 0.6 is 0 Å². The van der Waals surface area contributed by atoms with Crippen LogP contribution in [0.5, 0.6) is 5.75 Å². The Morgan fingerprint density at radius 1 is 1.22 bits per heavy atom. The van der Waals surface area contributed by atoms with Crippen molar-refractivity contribution < 1.29 is 9.90 Å². The van der Waals surface area contributed by atoms with Crippen LogP contribution in [-0.4, -0.2) is 17.6 Å². The lowest BCUT2D eigenvalue weighted by Crippen LogP contribution is -2.36. The largest absolute Gasteiger partial charge is 0.507 e. The number of carbonyl (C=O) groups is 1. The van der Waals surface area contributed by atoms with Gasteiger partial charge in [-0.05, 0) is 36.1 Å². The second-order valence-corrected chi connectivity index (χ2v) is 7.15. The number of phenolic OH excluding ortho intramolecular Hbond substituents is 1. The third-order valence-electron chi connectivity index (χ3n) is 5.54. The summed E-state index contributed by atoms with van der Waals surface area (Å²) in [4.78, 5) is 14.9. The van der Waals surface area contributed by atoms with Gasteiger partial charge in [0.25, 0.3) is 0 Å². The van der Waals surface area contributed by atoms with E-state index in [1.807, 2.05) is 29.2 Å².